The van der Waals surface area contributed by atoms with Gasteiger partial charge in [0.25, 0.3) is 0 Å². The Balaban J connectivity index is 0.00000625. The smallest absolute Gasteiger partial charge is 0.408 e. The highest BCUT2D eigenvalue weighted by atomic mass is 35.5. The summed E-state index contributed by atoms with van der Waals surface area (Å²) in [6, 6.07) is 3.71. The molecule has 0 unspecified atom stereocenters. The summed E-state index contributed by atoms with van der Waals surface area (Å²) >= 11 is 0. The highest BCUT2D eigenvalue weighted by molar-refractivity contribution is 5.88. The van der Waals surface area contributed by atoms with Gasteiger partial charge in [-0.25, -0.2) is 4.79 Å². The number of aromatic nitrogens is 1. The lowest BCUT2D eigenvalue weighted by molar-refractivity contribution is -0.140. The molecule has 0 saturated carbocycles. The summed E-state index contributed by atoms with van der Waals surface area (Å²) in [7, 11) is 1.73. The number of aryl methyl sites for hydroxylation is 2. The van der Waals surface area contributed by atoms with Crippen molar-refractivity contribution in [3.8, 4) is 0 Å². The average molecular weight is 386 g/mol. The van der Waals surface area contributed by atoms with Crippen molar-refractivity contribution in [2.75, 3.05) is 13.6 Å². The van der Waals surface area contributed by atoms with Gasteiger partial charge in [-0.05, 0) is 57.7 Å². The number of carbonyl (C=O) groups is 2. The van der Waals surface area contributed by atoms with Crippen LogP contribution in [0.5, 0.6) is 0 Å². The minimum atomic E-state index is -1.15. The van der Waals surface area contributed by atoms with Crippen molar-refractivity contribution >= 4 is 24.4 Å². The quantitative estimate of drug-likeness (QED) is 0.772. The molecule has 0 aromatic carbocycles. The third-order valence-corrected chi connectivity index (χ3v) is 4.30. The Morgan fingerprint density at radius 1 is 1.19 bits per heavy atom. The van der Waals surface area contributed by atoms with E-state index >= 15 is 0 Å². The second kappa shape index (κ2) is 9.76. The van der Waals surface area contributed by atoms with Crippen molar-refractivity contribution in [2.45, 2.75) is 60.0 Å². The molecule has 0 bridgehead atoms. The van der Waals surface area contributed by atoms with Gasteiger partial charge in [0.05, 0.1) is 6.54 Å². The topological polar surface area (TPSA) is 73.7 Å². The maximum atomic E-state index is 12.9. The van der Waals surface area contributed by atoms with Crippen molar-refractivity contribution in [1.82, 2.24) is 14.8 Å². The first-order valence-electron chi connectivity index (χ1n) is 8.65. The normalized spacial score (nSPS) is 11.1. The van der Waals surface area contributed by atoms with Crippen molar-refractivity contribution in [2.24, 2.45) is 5.92 Å². The Bertz CT molecular complexity index is 612. The van der Waals surface area contributed by atoms with Crippen LogP contribution in [0.1, 0.15) is 51.1 Å². The molecule has 1 N–H and O–H groups in total. The van der Waals surface area contributed by atoms with Crippen molar-refractivity contribution in [3.05, 3.63) is 29.1 Å². The summed E-state index contributed by atoms with van der Waals surface area (Å²) in [5, 5.41) is 9.70. The van der Waals surface area contributed by atoms with Crippen LogP contribution in [0.3, 0.4) is 0 Å². The predicted octanol–water partition coefficient (Wildman–Crippen LogP) is 3.88. The summed E-state index contributed by atoms with van der Waals surface area (Å²) in [6.07, 6.45) is -0.226. The van der Waals surface area contributed by atoms with Gasteiger partial charge in [0.15, 0.2) is 0 Å². The van der Waals surface area contributed by atoms with Crippen molar-refractivity contribution < 1.29 is 14.7 Å². The summed E-state index contributed by atoms with van der Waals surface area (Å²) in [5.41, 5.74) is 1.35. The van der Waals surface area contributed by atoms with E-state index in [1.165, 1.54) is 4.90 Å². The van der Waals surface area contributed by atoms with E-state index in [-0.39, 0.29) is 24.9 Å². The fraction of sp³-hybridized carbons (Fsp3) is 0.632. The fourth-order valence-electron chi connectivity index (χ4n) is 2.84. The van der Waals surface area contributed by atoms with Gasteiger partial charge in [0.1, 0.15) is 5.54 Å². The summed E-state index contributed by atoms with van der Waals surface area (Å²) < 4.78 is 0. The first kappa shape index (κ1) is 24.2. The Hall–Kier alpha value is -1.82. The van der Waals surface area contributed by atoms with Gasteiger partial charge in [-0.1, -0.05) is 13.8 Å². The molecular formula is C19H32ClN3O3. The number of amides is 2. The number of hydrogen-bond acceptors (Lipinski definition) is 3. The number of halogens is 1. The van der Waals surface area contributed by atoms with E-state index in [2.05, 4.69) is 18.8 Å². The molecule has 0 radical (unpaired) electrons. The molecule has 0 aliphatic heterocycles. The summed E-state index contributed by atoms with van der Waals surface area (Å²) in [4.78, 5) is 31.8. The summed E-state index contributed by atoms with van der Waals surface area (Å²) in [5.74, 6) is 0.287. The predicted molar refractivity (Wildman–Crippen MR) is 106 cm³/mol. The van der Waals surface area contributed by atoms with Crippen LogP contribution in [0.25, 0.3) is 0 Å². The van der Waals surface area contributed by atoms with Crippen LogP contribution in [0.4, 0.5) is 4.79 Å². The molecule has 148 valence electrons. The number of carbonyl (C=O) groups excluding carboxylic acids is 1. The minimum Gasteiger partial charge on any atom is -0.465 e. The molecule has 0 saturated heterocycles. The first-order chi connectivity index (χ1) is 11.4. The lowest BCUT2D eigenvalue weighted by Crippen LogP contribution is -2.56. The first-order valence-corrected chi connectivity index (χ1v) is 8.65. The van der Waals surface area contributed by atoms with Crippen LogP contribution in [0.15, 0.2) is 12.1 Å². The maximum absolute atomic E-state index is 12.9. The molecule has 6 nitrogen and oxygen atoms in total. The van der Waals surface area contributed by atoms with E-state index in [1.54, 1.807) is 25.8 Å². The van der Waals surface area contributed by atoms with Crippen molar-refractivity contribution in [1.29, 1.82) is 0 Å². The molecule has 1 heterocycles. The molecule has 1 aromatic heterocycles. The number of carboxylic acid groups (broad SMARTS) is 1. The number of nitrogens with zero attached hydrogens (tertiary/aromatic N) is 3. The number of hydrogen-bond donors (Lipinski definition) is 1. The van der Waals surface area contributed by atoms with Crippen LogP contribution in [-0.4, -0.2) is 51.0 Å². The molecule has 0 spiro atoms. The Labute approximate surface area is 163 Å². The molecule has 1 aromatic rings. The van der Waals surface area contributed by atoms with Gasteiger partial charge in [-0.2, -0.15) is 0 Å². The molecular weight excluding hydrogens is 354 g/mol. The highest BCUT2D eigenvalue weighted by Crippen LogP contribution is 2.22. The van der Waals surface area contributed by atoms with Crippen LogP contribution < -0.4 is 0 Å². The third kappa shape index (κ3) is 6.48. The zero-order chi connectivity index (χ0) is 19.4. The Morgan fingerprint density at radius 2 is 1.69 bits per heavy atom. The molecule has 0 aliphatic rings. The molecule has 7 heteroatoms. The molecule has 2 amide bonds. The third-order valence-electron chi connectivity index (χ3n) is 4.30. The van der Waals surface area contributed by atoms with E-state index in [9.17, 15) is 14.7 Å². The van der Waals surface area contributed by atoms with Gasteiger partial charge in [-0.15, -0.1) is 12.4 Å². The fourth-order valence-corrected chi connectivity index (χ4v) is 2.84. The summed E-state index contributed by atoms with van der Waals surface area (Å²) in [6.45, 7) is 12.0. The van der Waals surface area contributed by atoms with Crippen LogP contribution >= 0.6 is 12.4 Å². The molecule has 1 rings (SSSR count). The van der Waals surface area contributed by atoms with Gasteiger partial charge >= 0.3 is 6.09 Å². The van der Waals surface area contributed by atoms with Gasteiger partial charge in [0, 0.05) is 25.0 Å². The largest absolute Gasteiger partial charge is 0.465 e. The average Bonchev–Trinajstić information content (AvgIpc) is 2.47. The minimum absolute atomic E-state index is 0. The Kier molecular flexibility index (Phi) is 9.08. The highest BCUT2D eigenvalue weighted by Gasteiger charge is 2.39. The Morgan fingerprint density at radius 3 is 2.12 bits per heavy atom. The van der Waals surface area contributed by atoms with E-state index in [1.807, 2.05) is 26.0 Å². The van der Waals surface area contributed by atoms with Crippen molar-refractivity contribution in [3.63, 3.8) is 0 Å². The SMILES string of the molecule is Cc1cc(CN(C(=O)O)C(C)(C)C(=O)N(C)CCC(C)C)cc(C)n1.Cl. The van der Waals surface area contributed by atoms with E-state index in [0.29, 0.717) is 12.5 Å². The van der Waals surface area contributed by atoms with Gasteiger partial charge < -0.3 is 10.0 Å². The second-order valence-electron chi connectivity index (χ2n) is 7.60. The van der Waals surface area contributed by atoms with Crippen LogP contribution in [0.2, 0.25) is 0 Å². The standard InChI is InChI=1S/C19H31N3O3.ClH/c1-13(2)8-9-21(7)17(23)19(5,6)22(18(24)25)12-16-10-14(3)20-15(4)11-16;/h10-11,13H,8-9,12H2,1-7H3,(H,24,25);1H. The number of rotatable bonds is 7. The maximum Gasteiger partial charge on any atom is 0.408 e. The lowest BCUT2D eigenvalue weighted by Gasteiger charge is -2.38. The van der Waals surface area contributed by atoms with E-state index < -0.39 is 11.6 Å². The zero-order valence-corrected chi connectivity index (χ0v) is 17.7. The van der Waals surface area contributed by atoms with Gasteiger partial charge in [0.2, 0.25) is 5.91 Å². The monoisotopic (exact) mass is 385 g/mol. The molecule has 0 atom stereocenters. The van der Waals surface area contributed by atoms with E-state index in [4.69, 9.17) is 0 Å². The molecule has 0 fully saturated rings. The number of likely N-dealkylation sites (N-methyl/N-ethyl adjacent to an activating group) is 1. The van der Waals surface area contributed by atoms with Crippen LogP contribution in [-0.2, 0) is 11.3 Å². The van der Waals surface area contributed by atoms with Gasteiger partial charge in [-0.3, -0.25) is 14.7 Å². The zero-order valence-electron chi connectivity index (χ0n) is 16.9. The number of pyridine rings is 1. The second-order valence-corrected chi connectivity index (χ2v) is 7.60. The lowest BCUT2D eigenvalue weighted by atomic mass is 9.99. The molecule has 0 aliphatic carbocycles. The van der Waals surface area contributed by atoms with Crippen LogP contribution in [0, 0.1) is 19.8 Å². The molecule has 26 heavy (non-hydrogen) atoms. The van der Waals surface area contributed by atoms with E-state index in [0.717, 1.165) is 23.4 Å².